The van der Waals surface area contributed by atoms with Crippen molar-refractivity contribution in [3.8, 4) is 5.75 Å². The molecule has 1 aromatic rings. The molecule has 0 amide bonds. The van der Waals surface area contributed by atoms with Gasteiger partial charge in [0.25, 0.3) is 0 Å². The summed E-state index contributed by atoms with van der Waals surface area (Å²) in [5, 5.41) is 10.4. The number of nitrogens with zero attached hydrogens (tertiary/aromatic N) is 1. The van der Waals surface area contributed by atoms with E-state index in [0.717, 1.165) is 48.3 Å². The van der Waals surface area contributed by atoms with Crippen molar-refractivity contribution >= 4 is 15.9 Å². The van der Waals surface area contributed by atoms with Gasteiger partial charge in [0.1, 0.15) is 11.4 Å². The molecule has 2 heterocycles. The molecule has 4 heteroatoms. The van der Waals surface area contributed by atoms with Crippen molar-refractivity contribution in [1.29, 1.82) is 0 Å². The van der Waals surface area contributed by atoms with E-state index in [4.69, 9.17) is 4.74 Å². The first-order valence-corrected chi connectivity index (χ1v) is 7.80. The number of halogens is 1. The van der Waals surface area contributed by atoms with Gasteiger partial charge in [-0.05, 0) is 37.6 Å². The Kier molecular flexibility index (Phi) is 3.58. The number of hydrogen-bond acceptors (Lipinski definition) is 3. The van der Waals surface area contributed by atoms with Crippen molar-refractivity contribution in [3.63, 3.8) is 0 Å². The molecule has 0 aromatic heterocycles. The van der Waals surface area contributed by atoms with Crippen LogP contribution in [-0.2, 0) is 0 Å². The average Bonchev–Trinajstić information content (AvgIpc) is 2.41. The third-order valence-electron chi connectivity index (χ3n) is 4.44. The van der Waals surface area contributed by atoms with Gasteiger partial charge in [-0.2, -0.15) is 0 Å². The SMILES string of the molecule is CCN1CCC2(CC1)C[C@H](O)c1cc(Br)ccc1O2. The second kappa shape index (κ2) is 5.08. The monoisotopic (exact) mass is 325 g/mol. The Balaban J connectivity index is 1.83. The second-order valence-electron chi connectivity index (χ2n) is 5.62. The van der Waals surface area contributed by atoms with Gasteiger partial charge < -0.3 is 14.7 Å². The van der Waals surface area contributed by atoms with Crippen LogP contribution < -0.4 is 4.74 Å². The summed E-state index contributed by atoms with van der Waals surface area (Å²) in [5.74, 6) is 0.854. The fourth-order valence-corrected chi connectivity index (χ4v) is 3.57. The third kappa shape index (κ3) is 2.54. The highest BCUT2D eigenvalue weighted by molar-refractivity contribution is 9.10. The van der Waals surface area contributed by atoms with E-state index in [2.05, 4.69) is 27.8 Å². The van der Waals surface area contributed by atoms with Crippen molar-refractivity contribution in [2.75, 3.05) is 19.6 Å². The minimum atomic E-state index is -0.408. The summed E-state index contributed by atoms with van der Waals surface area (Å²) in [5.41, 5.74) is 0.754. The number of aliphatic hydroxyl groups excluding tert-OH is 1. The van der Waals surface area contributed by atoms with Gasteiger partial charge >= 0.3 is 0 Å². The number of rotatable bonds is 1. The van der Waals surface area contributed by atoms with E-state index in [1.807, 2.05) is 18.2 Å². The molecule has 1 saturated heterocycles. The van der Waals surface area contributed by atoms with Crippen LogP contribution in [-0.4, -0.2) is 35.2 Å². The van der Waals surface area contributed by atoms with Crippen LogP contribution in [0.15, 0.2) is 22.7 Å². The zero-order valence-electron chi connectivity index (χ0n) is 11.2. The highest BCUT2D eigenvalue weighted by atomic mass is 79.9. The normalized spacial score (nSPS) is 25.9. The Morgan fingerprint density at radius 2 is 2.16 bits per heavy atom. The molecule has 1 fully saturated rings. The molecule has 0 radical (unpaired) electrons. The van der Waals surface area contributed by atoms with E-state index in [9.17, 15) is 5.11 Å². The van der Waals surface area contributed by atoms with Gasteiger partial charge in [-0.15, -0.1) is 0 Å². The molecule has 19 heavy (non-hydrogen) atoms. The van der Waals surface area contributed by atoms with E-state index >= 15 is 0 Å². The van der Waals surface area contributed by atoms with E-state index < -0.39 is 6.10 Å². The lowest BCUT2D eigenvalue weighted by Crippen LogP contribution is -2.50. The maximum Gasteiger partial charge on any atom is 0.126 e. The average molecular weight is 326 g/mol. The van der Waals surface area contributed by atoms with Crippen LogP contribution in [0.3, 0.4) is 0 Å². The van der Waals surface area contributed by atoms with Crippen molar-refractivity contribution in [3.05, 3.63) is 28.2 Å². The molecule has 1 spiro atoms. The smallest absolute Gasteiger partial charge is 0.126 e. The molecular weight excluding hydrogens is 306 g/mol. The van der Waals surface area contributed by atoms with Crippen LogP contribution in [0.1, 0.15) is 37.9 Å². The van der Waals surface area contributed by atoms with Gasteiger partial charge in [0, 0.05) is 29.5 Å². The summed E-state index contributed by atoms with van der Waals surface area (Å²) < 4.78 is 7.26. The van der Waals surface area contributed by atoms with E-state index in [1.165, 1.54) is 0 Å². The highest BCUT2D eigenvalue weighted by Crippen LogP contribution is 2.44. The van der Waals surface area contributed by atoms with E-state index in [1.54, 1.807) is 0 Å². The molecule has 0 saturated carbocycles. The zero-order chi connectivity index (χ0) is 13.5. The number of hydrogen-bond donors (Lipinski definition) is 1. The Labute approximate surface area is 122 Å². The molecule has 1 N–H and O–H groups in total. The van der Waals surface area contributed by atoms with Crippen molar-refractivity contribution in [1.82, 2.24) is 4.90 Å². The van der Waals surface area contributed by atoms with Crippen LogP contribution in [0, 0.1) is 0 Å². The van der Waals surface area contributed by atoms with E-state index in [0.29, 0.717) is 6.42 Å². The van der Waals surface area contributed by atoms with Gasteiger partial charge in [0.05, 0.1) is 6.10 Å². The lowest BCUT2D eigenvalue weighted by molar-refractivity contribution is -0.0531. The van der Waals surface area contributed by atoms with Crippen LogP contribution in [0.4, 0.5) is 0 Å². The fraction of sp³-hybridized carbons (Fsp3) is 0.600. The number of benzene rings is 1. The molecule has 0 bridgehead atoms. The topological polar surface area (TPSA) is 32.7 Å². The van der Waals surface area contributed by atoms with Crippen molar-refractivity contribution < 1.29 is 9.84 Å². The van der Waals surface area contributed by atoms with Gasteiger partial charge in [0.15, 0.2) is 0 Å². The molecular formula is C15H20BrNO2. The lowest BCUT2D eigenvalue weighted by atomic mass is 9.81. The minimum absolute atomic E-state index is 0.161. The summed E-state index contributed by atoms with van der Waals surface area (Å²) in [4.78, 5) is 2.44. The summed E-state index contributed by atoms with van der Waals surface area (Å²) in [7, 11) is 0. The third-order valence-corrected chi connectivity index (χ3v) is 4.93. The summed E-state index contributed by atoms with van der Waals surface area (Å²) >= 11 is 3.45. The Bertz CT molecular complexity index is 469. The first-order valence-electron chi connectivity index (χ1n) is 7.01. The van der Waals surface area contributed by atoms with Crippen LogP contribution in [0.25, 0.3) is 0 Å². The predicted molar refractivity (Wildman–Crippen MR) is 78.4 cm³/mol. The predicted octanol–water partition coefficient (Wildman–Crippen LogP) is 3.12. The molecule has 104 valence electrons. The highest BCUT2D eigenvalue weighted by Gasteiger charge is 2.42. The standard InChI is InChI=1S/C15H20BrNO2/c1-2-17-7-5-15(6-8-17)10-13(18)12-9-11(16)3-4-14(12)19-15/h3-4,9,13,18H,2,5-8,10H2,1H3/t13-/m0/s1. The number of piperidine rings is 1. The number of likely N-dealkylation sites (tertiary alicyclic amines) is 1. The van der Waals surface area contributed by atoms with Crippen LogP contribution in [0.5, 0.6) is 5.75 Å². The molecule has 1 atom stereocenters. The zero-order valence-corrected chi connectivity index (χ0v) is 12.8. The molecule has 1 aromatic carbocycles. The van der Waals surface area contributed by atoms with Gasteiger partial charge in [-0.3, -0.25) is 0 Å². The quantitative estimate of drug-likeness (QED) is 0.861. The molecule has 0 aliphatic carbocycles. The van der Waals surface area contributed by atoms with Gasteiger partial charge in [-0.1, -0.05) is 22.9 Å². The van der Waals surface area contributed by atoms with Crippen molar-refractivity contribution in [2.45, 2.75) is 37.9 Å². The number of aliphatic hydroxyl groups is 1. The van der Waals surface area contributed by atoms with E-state index in [-0.39, 0.29) is 5.60 Å². The first-order chi connectivity index (χ1) is 9.12. The molecule has 2 aliphatic heterocycles. The van der Waals surface area contributed by atoms with Crippen LogP contribution >= 0.6 is 15.9 Å². The first kappa shape index (κ1) is 13.4. The molecule has 2 aliphatic rings. The molecule has 0 unspecified atom stereocenters. The minimum Gasteiger partial charge on any atom is -0.487 e. The Hall–Kier alpha value is -0.580. The van der Waals surface area contributed by atoms with Gasteiger partial charge in [-0.25, -0.2) is 0 Å². The lowest BCUT2D eigenvalue weighted by Gasteiger charge is -2.45. The molecule has 3 nitrogen and oxygen atoms in total. The number of ether oxygens (including phenoxy) is 1. The molecule has 3 rings (SSSR count). The number of fused-ring (bicyclic) bond motifs is 1. The second-order valence-corrected chi connectivity index (χ2v) is 6.54. The van der Waals surface area contributed by atoms with Crippen molar-refractivity contribution in [2.24, 2.45) is 0 Å². The maximum atomic E-state index is 10.4. The van der Waals surface area contributed by atoms with Crippen LogP contribution in [0.2, 0.25) is 0 Å². The van der Waals surface area contributed by atoms with Gasteiger partial charge in [0.2, 0.25) is 0 Å². The fourth-order valence-electron chi connectivity index (χ4n) is 3.19. The summed E-state index contributed by atoms with van der Waals surface area (Å²) in [6, 6.07) is 5.91. The summed E-state index contributed by atoms with van der Waals surface area (Å²) in [6.07, 6.45) is 2.32. The Morgan fingerprint density at radius 3 is 2.84 bits per heavy atom. The summed E-state index contributed by atoms with van der Waals surface area (Å²) in [6.45, 7) is 5.42. The Morgan fingerprint density at radius 1 is 1.42 bits per heavy atom. The largest absolute Gasteiger partial charge is 0.487 e. The maximum absolute atomic E-state index is 10.4.